The average Bonchev–Trinajstić information content (AvgIpc) is 2.87. The number of benzene rings is 1. The highest BCUT2D eigenvalue weighted by atomic mass is 19.1. The van der Waals surface area contributed by atoms with Crippen LogP contribution in [0, 0.1) is 17.2 Å². The summed E-state index contributed by atoms with van der Waals surface area (Å²) in [6.45, 7) is 2.98. The number of Topliss-reactive ketones (excluding diaryl/α,β-unsaturated/α-hetero) is 1. The molecule has 4 rings (SSSR count). The van der Waals surface area contributed by atoms with E-state index in [9.17, 15) is 14.0 Å². The maximum absolute atomic E-state index is 13.5. The first-order valence-corrected chi connectivity index (χ1v) is 9.71. The standard InChI is InChI=1S/C23H23FN2O3/c1-3-29-22(28)19-13-23-16(11-12-25-19)5-4-6-20(23)26(2)14-18(23)21(27)15-7-9-17(24)10-8-15/h4-11,13,18,25H,3,12,14H2,1-2H3. The molecule has 29 heavy (non-hydrogen) atoms. The van der Waals surface area contributed by atoms with E-state index in [2.05, 4.69) is 5.32 Å². The number of hydrogen-bond acceptors (Lipinski definition) is 5. The molecule has 1 N–H and O–H groups in total. The Morgan fingerprint density at radius 1 is 1.31 bits per heavy atom. The minimum absolute atomic E-state index is 0.0807. The van der Waals surface area contributed by atoms with Gasteiger partial charge in [-0.05, 0) is 48.9 Å². The van der Waals surface area contributed by atoms with Crippen LogP contribution in [0.3, 0.4) is 0 Å². The van der Waals surface area contributed by atoms with Crippen LogP contribution in [0.1, 0.15) is 17.3 Å². The van der Waals surface area contributed by atoms with Crippen LogP contribution in [0.15, 0.2) is 71.6 Å². The van der Waals surface area contributed by atoms with Crippen LogP contribution in [-0.2, 0) is 9.53 Å². The van der Waals surface area contributed by atoms with E-state index >= 15 is 0 Å². The second kappa shape index (κ2) is 7.35. The zero-order chi connectivity index (χ0) is 20.6. The minimum Gasteiger partial charge on any atom is -0.461 e. The number of esters is 1. The van der Waals surface area contributed by atoms with Gasteiger partial charge in [0.15, 0.2) is 5.78 Å². The van der Waals surface area contributed by atoms with Gasteiger partial charge in [0.1, 0.15) is 11.5 Å². The quantitative estimate of drug-likeness (QED) is 0.629. The molecular formula is C23H23FN2O3. The predicted molar refractivity (Wildman–Crippen MR) is 107 cm³/mol. The van der Waals surface area contributed by atoms with E-state index in [4.69, 9.17) is 4.74 Å². The Morgan fingerprint density at radius 3 is 2.79 bits per heavy atom. The maximum Gasteiger partial charge on any atom is 0.354 e. The first-order valence-electron chi connectivity index (χ1n) is 9.71. The van der Waals surface area contributed by atoms with E-state index in [-0.39, 0.29) is 18.2 Å². The fourth-order valence-electron chi connectivity index (χ4n) is 4.49. The molecule has 0 saturated carbocycles. The summed E-state index contributed by atoms with van der Waals surface area (Å²) in [5.74, 6) is -1.35. The number of carbonyl (C=O) groups excluding carboxylic acids is 2. The second-order valence-corrected chi connectivity index (χ2v) is 7.40. The molecular weight excluding hydrogens is 371 g/mol. The molecule has 1 aliphatic carbocycles. The second-order valence-electron chi connectivity index (χ2n) is 7.40. The fraction of sp³-hybridized carbons (Fsp3) is 0.304. The van der Waals surface area contributed by atoms with Crippen molar-refractivity contribution < 1.29 is 18.7 Å². The Morgan fingerprint density at radius 2 is 2.07 bits per heavy atom. The van der Waals surface area contributed by atoms with Crippen molar-refractivity contribution in [3.63, 3.8) is 0 Å². The Labute approximate surface area is 169 Å². The van der Waals surface area contributed by atoms with Crippen LogP contribution in [0.2, 0.25) is 0 Å². The van der Waals surface area contributed by atoms with Crippen molar-refractivity contribution >= 4 is 11.8 Å². The van der Waals surface area contributed by atoms with E-state index < -0.39 is 17.3 Å². The maximum atomic E-state index is 13.5. The number of carbonyl (C=O) groups is 2. The number of allylic oxidation sites excluding steroid dienone is 4. The van der Waals surface area contributed by atoms with Gasteiger partial charge in [0.25, 0.3) is 0 Å². The SMILES string of the molecule is CCOC(=O)C1=CC23C(=CCN1)C=CC=C2N(C)CC3C(=O)c1ccc(F)cc1. The van der Waals surface area contributed by atoms with Gasteiger partial charge in [-0.3, -0.25) is 4.79 Å². The van der Waals surface area contributed by atoms with Gasteiger partial charge in [-0.25, -0.2) is 9.18 Å². The normalized spacial score (nSPS) is 25.0. The molecule has 1 aromatic rings. The highest BCUT2D eigenvalue weighted by Crippen LogP contribution is 2.54. The van der Waals surface area contributed by atoms with Crippen molar-refractivity contribution in [2.24, 2.45) is 11.3 Å². The molecule has 3 aliphatic rings. The number of ketones is 1. The average molecular weight is 394 g/mol. The Bertz CT molecular complexity index is 974. The van der Waals surface area contributed by atoms with Crippen molar-refractivity contribution in [3.05, 3.63) is 83.0 Å². The van der Waals surface area contributed by atoms with Crippen molar-refractivity contribution in [1.82, 2.24) is 10.2 Å². The number of ether oxygens (including phenoxy) is 1. The summed E-state index contributed by atoms with van der Waals surface area (Å²) in [7, 11) is 1.94. The smallest absolute Gasteiger partial charge is 0.354 e. The summed E-state index contributed by atoms with van der Waals surface area (Å²) in [5, 5.41) is 3.12. The molecule has 1 spiro atoms. The lowest BCUT2D eigenvalue weighted by Gasteiger charge is -2.35. The van der Waals surface area contributed by atoms with E-state index in [1.165, 1.54) is 24.3 Å². The van der Waals surface area contributed by atoms with E-state index in [0.717, 1.165) is 11.3 Å². The summed E-state index contributed by atoms with van der Waals surface area (Å²) in [5.41, 5.74) is 1.95. The first kappa shape index (κ1) is 19.2. The number of halogens is 1. The van der Waals surface area contributed by atoms with Crippen LogP contribution in [0.5, 0.6) is 0 Å². The van der Waals surface area contributed by atoms with E-state index in [1.54, 1.807) is 6.92 Å². The molecule has 1 fully saturated rings. The van der Waals surface area contributed by atoms with Crippen molar-refractivity contribution in [2.45, 2.75) is 6.92 Å². The molecule has 6 heteroatoms. The Kier molecular flexibility index (Phi) is 4.86. The lowest BCUT2D eigenvalue weighted by Crippen LogP contribution is -2.36. The van der Waals surface area contributed by atoms with Gasteiger partial charge in [0.2, 0.25) is 0 Å². The third kappa shape index (κ3) is 3.09. The van der Waals surface area contributed by atoms with E-state index in [1.807, 2.05) is 42.3 Å². The summed E-state index contributed by atoms with van der Waals surface area (Å²) in [6.07, 6.45) is 9.79. The molecule has 2 atom stereocenters. The molecule has 2 heterocycles. The monoisotopic (exact) mass is 394 g/mol. The zero-order valence-corrected chi connectivity index (χ0v) is 16.4. The third-order valence-electron chi connectivity index (χ3n) is 5.78. The van der Waals surface area contributed by atoms with Crippen molar-refractivity contribution in [2.75, 3.05) is 26.7 Å². The minimum atomic E-state index is -0.777. The summed E-state index contributed by atoms with van der Waals surface area (Å²) < 4.78 is 18.6. The summed E-state index contributed by atoms with van der Waals surface area (Å²) in [6, 6.07) is 5.63. The number of nitrogens with one attached hydrogen (secondary N) is 1. The van der Waals surface area contributed by atoms with E-state index in [0.29, 0.717) is 24.4 Å². The van der Waals surface area contributed by atoms with Gasteiger partial charge in [-0.1, -0.05) is 18.2 Å². The van der Waals surface area contributed by atoms with Crippen molar-refractivity contribution in [1.29, 1.82) is 0 Å². The van der Waals surface area contributed by atoms with Gasteiger partial charge >= 0.3 is 5.97 Å². The highest BCUT2D eigenvalue weighted by molar-refractivity contribution is 6.00. The summed E-state index contributed by atoms with van der Waals surface area (Å²) >= 11 is 0. The predicted octanol–water partition coefficient (Wildman–Crippen LogP) is 2.99. The first-order chi connectivity index (χ1) is 14.0. The molecule has 5 nitrogen and oxygen atoms in total. The number of nitrogens with zero attached hydrogens (tertiary/aromatic N) is 1. The zero-order valence-electron chi connectivity index (χ0n) is 16.4. The van der Waals surface area contributed by atoms with Gasteiger partial charge < -0.3 is 15.0 Å². The highest BCUT2D eigenvalue weighted by Gasteiger charge is 2.54. The van der Waals surface area contributed by atoms with Crippen LogP contribution < -0.4 is 5.32 Å². The van der Waals surface area contributed by atoms with Crippen LogP contribution in [0.25, 0.3) is 0 Å². The van der Waals surface area contributed by atoms with Gasteiger partial charge in [-0.2, -0.15) is 0 Å². The lowest BCUT2D eigenvalue weighted by atomic mass is 9.65. The molecule has 1 aromatic carbocycles. The van der Waals surface area contributed by atoms with Gasteiger partial charge in [0.05, 0.1) is 17.9 Å². The number of rotatable bonds is 4. The molecule has 0 bridgehead atoms. The van der Waals surface area contributed by atoms with Crippen LogP contribution in [0.4, 0.5) is 4.39 Å². The van der Waals surface area contributed by atoms with Gasteiger partial charge in [-0.15, -0.1) is 0 Å². The number of hydrogen-bond donors (Lipinski definition) is 1. The molecule has 0 aromatic heterocycles. The molecule has 0 amide bonds. The molecule has 0 radical (unpaired) electrons. The van der Waals surface area contributed by atoms with Crippen LogP contribution >= 0.6 is 0 Å². The molecule has 1 saturated heterocycles. The number of likely N-dealkylation sites (tertiary alicyclic amines) is 1. The summed E-state index contributed by atoms with van der Waals surface area (Å²) in [4.78, 5) is 28.1. The third-order valence-corrected chi connectivity index (χ3v) is 5.78. The molecule has 2 unspecified atom stereocenters. The fourth-order valence-corrected chi connectivity index (χ4v) is 4.49. The largest absolute Gasteiger partial charge is 0.461 e. The van der Waals surface area contributed by atoms with Crippen LogP contribution in [-0.4, -0.2) is 43.4 Å². The topological polar surface area (TPSA) is 58.6 Å². The molecule has 150 valence electrons. The Hall–Kier alpha value is -3.15. The molecule has 2 aliphatic heterocycles. The lowest BCUT2D eigenvalue weighted by molar-refractivity contribution is -0.139. The van der Waals surface area contributed by atoms with Crippen molar-refractivity contribution in [3.8, 4) is 0 Å². The Balaban J connectivity index is 1.86. The van der Waals surface area contributed by atoms with Gasteiger partial charge in [0, 0.05) is 31.4 Å².